The molecule has 0 radical (unpaired) electrons. The Morgan fingerprint density at radius 3 is 1.59 bits per heavy atom. The lowest BCUT2D eigenvalue weighted by atomic mass is 10.1. The molecule has 118 valence electrons. The van der Waals surface area contributed by atoms with Crippen molar-refractivity contribution in [3.8, 4) is 0 Å². The van der Waals surface area contributed by atoms with Gasteiger partial charge in [-0.05, 0) is 12.1 Å². The molecular formula is C19H24O3. The van der Waals surface area contributed by atoms with E-state index >= 15 is 0 Å². The lowest BCUT2D eigenvalue weighted by Crippen LogP contribution is -2.14. The molecule has 22 heavy (non-hydrogen) atoms. The Labute approximate surface area is 132 Å². The number of ketones is 1. The summed E-state index contributed by atoms with van der Waals surface area (Å²) in [6, 6.07) is 17.4. The highest BCUT2D eigenvalue weighted by Crippen LogP contribution is 2.04. The number of hydrogen-bond donors (Lipinski definition) is 0. The van der Waals surface area contributed by atoms with Crippen molar-refractivity contribution in [2.75, 3.05) is 6.61 Å². The first-order chi connectivity index (χ1) is 10.8. The summed E-state index contributed by atoms with van der Waals surface area (Å²) >= 11 is 0. The van der Waals surface area contributed by atoms with Gasteiger partial charge in [-0.15, -0.1) is 0 Å². The lowest BCUT2D eigenvalue weighted by molar-refractivity contribution is 0.0475. The van der Waals surface area contributed by atoms with Crippen LogP contribution in [0.25, 0.3) is 0 Å². The molecule has 2 aromatic rings. The maximum atomic E-state index is 11.7. The van der Waals surface area contributed by atoms with Crippen molar-refractivity contribution in [1.29, 1.82) is 0 Å². The third kappa shape index (κ3) is 6.84. The largest absolute Gasteiger partial charge is 0.454 e. The molecule has 0 aliphatic carbocycles. The minimum atomic E-state index is -0.486. The summed E-state index contributed by atoms with van der Waals surface area (Å²) < 4.78 is 4.96. The van der Waals surface area contributed by atoms with Crippen molar-refractivity contribution in [2.24, 2.45) is 0 Å². The molecule has 0 aliphatic rings. The number of benzene rings is 2. The van der Waals surface area contributed by atoms with Crippen molar-refractivity contribution in [3.63, 3.8) is 0 Å². The number of Topliss-reactive ketones (excluding diaryl/α,β-unsaturated/α-hetero) is 1. The van der Waals surface area contributed by atoms with E-state index in [1.165, 1.54) is 0 Å². The van der Waals surface area contributed by atoms with Crippen LogP contribution in [0.2, 0.25) is 0 Å². The Kier molecular flexibility index (Phi) is 11.0. The van der Waals surface area contributed by atoms with Gasteiger partial charge in [-0.1, -0.05) is 76.2 Å². The van der Waals surface area contributed by atoms with Gasteiger partial charge >= 0.3 is 5.97 Å². The molecule has 0 amide bonds. The highest BCUT2D eigenvalue weighted by molar-refractivity contribution is 5.99. The average molecular weight is 300 g/mol. The molecule has 0 heterocycles. The molecule has 0 unspecified atom stereocenters. The van der Waals surface area contributed by atoms with Crippen LogP contribution in [0.3, 0.4) is 0 Å². The number of hydrogen-bond acceptors (Lipinski definition) is 3. The van der Waals surface area contributed by atoms with Crippen LogP contribution in [0, 0.1) is 0 Å². The smallest absolute Gasteiger partial charge is 0.338 e. The second-order valence-corrected chi connectivity index (χ2v) is 3.73. The minimum absolute atomic E-state index is 0.208. The highest BCUT2D eigenvalue weighted by Gasteiger charge is 2.10. The lowest BCUT2D eigenvalue weighted by Gasteiger charge is -2.04. The molecule has 0 bridgehead atoms. The number of esters is 1. The van der Waals surface area contributed by atoms with E-state index in [4.69, 9.17) is 4.74 Å². The Morgan fingerprint density at radius 2 is 1.14 bits per heavy atom. The van der Waals surface area contributed by atoms with Gasteiger partial charge in [0.25, 0.3) is 0 Å². The molecule has 0 atom stereocenters. The van der Waals surface area contributed by atoms with E-state index in [2.05, 4.69) is 0 Å². The van der Waals surface area contributed by atoms with E-state index in [9.17, 15) is 9.59 Å². The summed E-state index contributed by atoms with van der Waals surface area (Å²) in [6.45, 7) is 7.76. The predicted octanol–water partition coefficient (Wildman–Crippen LogP) is 4.78. The van der Waals surface area contributed by atoms with Gasteiger partial charge in [0.2, 0.25) is 0 Å². The third-order valence-electron chi connectivity index (χ3n) is 2.44. The summed E-state index contributed by atoms with van der Waals surface area (Å²) in [4.78, 5) is 23.3. The normalized spacial score (nSPS) is 8.55. The summed E-state index contributed by atoms with van der Waals surface area (Å²) in [5, 5.41) is 0. The SMILES string of the molecule is CC.CC.O=C(COC(=O)c1ccccc1)c1ccccc1. The molecule has 0 aliphatic heterocycles. The van der Waals surface area contributed by atoms with Crippen LogP contribution in [-0.2, 0) is 4.74 Å². The fourth-order valence-electron chi connectivity index (χ4n) is 1.50. The van der Waals surface area contributed by atoms with Crippen LogP contribution in [0.5, 0.6) is 0 Å². The molecule has 0 aromatic heterocycles. The van der Waals surface area contributed by atoms with E-state index in [1.807, 2.05) is 39.8 Å². The van der Waals surface area contributed by atoms with Gasteiger partial charge in [0, 0.05) is 5.56 Å². The summed E-state index contributed by atoms with van der Waals surface area (Å²) in [6.07, 6.45) is 0. The zero-order chi connectivity index (χ0) is 16.8. The Morgan fingerprint density at radius 1 is 0.727 bits per heavy atom. The van der Waals surface area contributed by atoms with E-state index in [0.717, 1.165) is 0 Å². The zero-order valence-electron chi connectivity index (χ0n) is 13.7. The Balaban J connectivity index is 0.00000102. The van der Waals surface area contributed by atoms with E-state index in [1.54, 1.807) is 48.5 Å². The molecule has 2 rings (SSSR count). The van der Waals surface area contributed by atoms with Gasteiger partial charge in [0.1, 0.15) is 0 Å². The van der Waals surface area contributed by atoms with Crippen LogP contribution in [0.1, 0.15) is 48.4 Å². The fourth-order valence-corrected chi connectivity index (χ4v) is 1.50. The molecule has 0 saturated heterocycles. The first-order valence-corrected chi connectivity index (χ1v) is 7.58. The molecule has 3 heteroatoms. The summed E-state index contributed by atoms with van der Waals surface area (Å²) in [5.41, 5.74) is 0.983. The topological polar surface area (TPSA) is 43.4 Å². The summed E-state index contributed by atoms with van der Waals surface area (Å²) in [5.74, 6) is -0.695. The van der Waals surface area contributed by atoms with E-state index in [0.29, 0.717) is 11.1 Å². The molecule has 0 saturated carbocycles. The van der Waals surface area contributed by atoms with Crippen LogP contribution >= 0.6 is 0 Å². The number of ether oxygens (including phenoxy) is 1. The maximum absolute atomic E-state index is 11.7. The molecule has 3 nitrogen and oxygen atoms in total. The standard InChI is InChI=1S/C15H12O3.2C2H6/c16-14(12-7-3-1-4-8-12)11-18-15(17)13-9-5-2-6-10-13;2*1-2/h1-10H,11H2;2*1-2H3. The molecule has 2 aromatic carbocycles. The van der Waals surface area contributed by atoms with Gasteiger partial charge in [-0.2, -0.15) is 0 Å². The van der Waals surface area contributed by atoms with Crippen LogP contribution in [0.4, 0.5) is 0 Å². The Bertz CT molecular complexity index is 482. The van der Waals surface area contributed by atoms with E-state index < -0.39 is 5.97 Å². The minimum Gasteiger partial charge on any atom is -0.454 e. The van der Waals surface area contributed by atoms with Crippen LogP contribution in [-0.4, -0.2) is 18.4 Å². The van der Waals surface area contributed by atoms with Gasteiger partial charge in [0.15, 0.2) is 12.4 Å². The van der Waals surface area contributed by atoms with Crippen molar-refractivity contribution in [2.45, 2.75) is 27.7 Å². The molecule has 0 N–H and O–H groups in total. The fraction of sp³-hybridized carbons (Fsp3) is 0.263. The quantitative estimate of drug-likeness (QED) is 0.603. The molecule has 0 spiro atoms. The number of carbonyl (C=O) groups is 2. The van der Waals surface area contributed by atoms with Crippen molar-refractivity contribution in [1.82, 2.24) is 0 Å². The van der Waals surface area contributed by atoms with Crippen molar-refractivity contribution in [3.05, 3.63) is 71.8 Å². The number of rotatable bonds is 4. The summed E-state index contributed by atoms with van der Waals surface area (Å²) in [7, 11) is 0. The van der Waals surface area contributed by atoms with Gasteiger partial charge in [-0.3, -0.25) is 4.79 Å². The predicted molar refractivity (Wildman–Crippen MR) is 90.2 cm³/mol. The zero-order valence-corrected chi connectivity index (χ0v) is 13.7. The average Bonchev–Trinajstić information content (AvgIpc) is 2.64. The van der Waals surface area contributed by atoms with E-state index in [-0.39, 0.29) is 12.4 Å². The second-order valence-electron chi connectivity index (χ2n) is 3.73. The van der Waals surface area contributed by atoms with Gasteiger partial charge in [-0.25, -0.2) is 4.79 Å². The van der Waals surface area contributed by atoms with Gasteiger partial charge in [0.05, 0.1) is 5.56 Å². The second kappa shape index (κ2) is 12.3. The molecular weight excluding hydrogens is 276 g/mol. The number of carbonyl (C=O) groups excluding carboxylic acids is 2. The molecule has 0 fully saturated rings. The van der Waals surface area contributed by atoms with Crippen molar-refractivity contribution >= 4 is 11.8 Å². The van der Waals surface area contributed by atoms with Crippen LogP contribution < -0.4 is 0 Å². The highest BCUT2D eigenvalue weighted by atomic mass is 16.5. The van der Waals surface area contributed by atoms with Crippen LogP contribution in [0.15, 0.2) is 60.7 Å². The first-order valence-electron chi connectivity index (χ1n) is 7.58. The maximum Gasteiger partial charge on any atom is 0.338 e. The first kappa shape index (κ1) is 19.6. The van der Waals surface area contributed by atoms with Gasteiger partial charge < -0.3 is 4.74 Å². The van der Waals surface area contributed by atoms with Crippen molar-refractivity contribution < 1.29 is 14.3 Å². The monoisotopic (exact) mass is 300 g/mol. The Hall–Kier alpha value is -2.42. The third-order valence-corrected chi connectivity index (χ3v) is 2.44.